The summed E-state index contributed by atoms with van der Waals surface area (Å²) < 4.78 is 0. The van der Waals surface area contributed by atoms with Gasteiger partial charge in [0, 0.05) is 27.1 Å². The Hall–Kier alpha value is -2.37. The van der Waals surface area contributed by atoms with E-state index in [1.807, 2.05) is 0 Å². The Morgan fingerprint density at radius 2 is 2.00 bits per heavy atom. The standard InChI is InChI=1S/C11H20N10O/c1-21(2)9-15-8(12)10(13)11(14,18-9)17-7-6(16-10)5(3-4-22)19-20-7/h16,22H,3-4,13-14H2,1-2H3,(H2,12,15,18)(H2,17,19,20). The summed E-state index contributed by atoms with van der Waals surface area (Å²) in [5.74, 6) is -0.534. The van der Waals surface area contributed by atoms with E-state index >= 15 is 0 Å². The first kappa shape index (κ1) is 14.6. The fourth-order valence-corrected chi connectivity index (χ4v) is 2.42. The second kappa shape index (κ2) is 4.56. The summed E-state index contributed by atoms with van der Waals surface area (Å²) in [6, 6.07) is 0. The molecule has 0 spiro atoms. The number of anilines is 2. The van der Waals surface area contributed by atoms with Crippen molar-refractivity contribution in [2.45, 2.75) is 17.9 Å². The van der Waals surface area contributed by atoms with Crippen molar-refractivity contribution in [1.82, 2.24) is 15.1 Å². The molecule has 0 aliphatic carbocycles. The SMILES string of the molecule is CN(C)C1=NC2(N)Nc3n[nH]c(CCO)c3NC2(N)C(N)=N1. The number of fused-ring (bicyclic) bond motifs is 2. The van der Waals surface area contributed by atoms with Crippen LogP contribution >= 0.6 is 0 Å². The first-order valence-corrected chi connectivity index (χ1v) is 6.75. The fraction of sp³-hybridized carbons (Fsp3) is 0.545. The number of aliphatic imine (C=N–C) groups is 2. The highest BCUT2D eigenvalue weighted by molar-refractivity contribution is 6.06. The summed E-state index contributed by atoms with van der Waals surface area (Å²) in [6.07, 6.45) is 0.383. The minimum Gasteiger partial charge on any atom is -0.396 e. The molecule has 10 N–H and O–H groups in total. The number of aliphatic hydroxyl groups excluding tert-OH is 1. The van der Waals surface area contributed by atoms with Gasteiger partial charge in [-0.05, 0) is 0 Å². The molecule has 11 nitrogen and oxygen atoms in total. The smallest absolute Gasteiger partial charge is 0.232 e. The van der Waals surface area contributed by atoms with Crippen LogP contribution < -0.4 is 27.8 Å². The van der Waals surface area contributed by atoms with E-state index in [0.29, 0.717) is 29.6 Å². The van der Waals surface area contributed by atoms with E-state index in [-0.39, 0.29) is 12.4 Å². The molecule has 0 saturated heterocycles. The summed E-state index contributed by atoms with van der Waals surface area (Å²) in [5.41, 5.74) is 18.6. The Balaban J connectivity index is 2.09. The topological polar surface area (TPSA) is 179 Å². The number of aliphatic hydroxyl groups is 1. The molecule has 0 fully saturated rings. The van der Waals surface area contributed by atoms with E-state index in [4.69, 9.17) is 22.3 Å². The van der Waals surface area contributed by atoms with E-state index in [2.05, 4.69) is 30.8 Å². The van der Waals surface area contributed by atoms with Crippen LogP contribution in [0.1, 0.15) is 5.69 Å². The molecular weight excluding hydrogens is 288 g/mol. The summed E-state index contributed by atoms with van der Waals surface area (Å²) >= 11 is 0. The van der Waals surface area contributed by atoms with Crippen molar-refractivity contribution in [3.63, 3.8) is 0 Å². The van der Waals surface area contributed by atoms with Crippen molar-refractivity contribution in [1.29, 1.82) is 0 Å². The van der Waals surface area contributed by atoms with Gasteiger partial charge in [0.1, 0.15) is 11.5 Å². The number of amidine groups is 1. The molecule has 120 valence electrons. The molecule has 0 amide bonds. The van der Waals surface area contributed by atoms with Crippen LogP contribution in [0.2, 0.25) is 0 Å². The van der Waals surface area contributed by atoms with Crippen LogP contribution in [0.15, 0.2) is 9.98 Å². The van der Waals surface area contributed by atoms with Crippen LogP contribution in [0.25, 0.3) is 0 Å². The molecule has 3 heterocycles. The quantitative estimate of drug-likeness (QED) is 0.309. The average Bonchev–Trinajstić information content (AvgIpc) is 2.79. The number of nitrogens with two attached hydrogens (primary N) is 3. The Morgan fingerprint density at radius 1 is 1.27 bits per heavy atom. The molecule has 2 aliphatic rings. The number of nitrogens with one attached hydrogen (secondary N) is 3. The van der Waals surface area contributed by atoms with Gasteiger partial charge >= 0.3 is 0 Å². The van der Waals surface area contributed by atoms with Gasteiger partial charge in [-0.1, -0.05) is 0 Å². The lowest BCUT2D eigenvalue weighted by molar-refractivity contribution is 0.298. The van der Waals surface area contributed by atoms with Gasteiger partial charge in [-0.3, -0.25) is 16.6 Å². The zero-order chi connectivity index (χ0) is 16.1. The Bertz CT molecular complexity index is 664. The zero-order valence-electron chi connectivity index (χ0n) is 12.4. The zero-order valence-corrected chi connectivity index (χ0v) is 12.4. The number of hydrogen-bond donors (Lipinski definition) is 7. The van der Waals surface area contributed by atoms with Gasteiger partial charge in [-0.15, -0.1) is 0 Å². The number of rotatable bonds is 2. The third-order valence-electron chi connectivity index (χ3n) is 3.74. The van der Waals surface area contributed by atoms with Gasteiger partial charge in [0.25, 0.3) is 0 Å². The summed E-state index contributed by atoms with van der Waals surface area (Å²) in [6.45, 7) is -0.0336. The highest BCUT2D eigenvalue weighted by atomic mass is 16.3. The van der Waals surface area contributed by atoms with E-state index in [9.17, 15) is 0 Å². The van der Waals surface area contributed by atoms with Crippen LogP contribution in [-0.4, -0.2) is 64.2 Å². The van der Waals surface area contributed by atoms with Gasteiger partial charge in [-0.25, -0.2) is 4.99 Å². The lowest BCUT2D eigenvalue weighted by Crippen LogP contribution is -2.81. The Kier molecular flexibility index (Phi) is 3.02. The van der Waals surface area contributed by atoms with E-state index < -0.39 is 11.4 Å². The van der Waals surface area contributed by atoms with Crippen LogP contribution in [-0.2, 0) is 6.42 Å². The molecule has 1 aromatic heterocycles. The van der Waals surface area contributed by atoms with Gasteiger partial charge in [0.15, 0.2) is 5.82 Å². The molecule has 0 radical (unpaired) electrons. The number of H-pyrrole nitrogens is 1. The number of aromatic amines is 1. The lowest BCUT2D eigenvalue weighted by Gasteiger charge is -2.48. The Labute approximate surface area is 126 Å². The molecule has 2 unspecified atom stereocenters. The minimum absolute atomic E-state index is 0.0336. The van der Waals surface area contributed by atoms with Gasteiger partial charge in [0.05, 0.1) is 5.69 Å². The monoisotopic (exact) mass is 308 g/mol. The predicted octanol–water partition coefficient (Wildman–Crippen LogP) is -2.66. The maximum absolute atomic E-state index is 9.11. The highest BCUT2D eigenvalue weighted by Crippen LogP contribution is 2.38. The number of hydrogen-bond acceptors (Lipinski definition) is 10. The van der Waals surface area contributed by atoms with Crippen molar-refractivity contribution in [3.05, 3.63) is 5.69 Å². The maximum atomic E-state index is 9.11. The number of nitrogens with zero attached hydrogens (tertiary/aromatic N) is 4. The summed E-state index contributed by atoms with van der Waals surface area (Å²) in [5, 5.41) is 22.1. The molecule has 2 aliphatic heterocycles. The van der Waals surface area contributed by atoms with E-state index in [1.54, 1.807) is 19.0 Å². The van der Waals surface area contributed by atoms with Gasteiger partial charge in [0.2, 0.25) is 17.4 Å². The second-order valence-electron chi connectivity index (χ2n) is 5.53. The van der Waals surface area contributed by atoms with E-state index in [0.717, 1.165) is 0 Å². The number of guanidine groups is 1. The molecule has 11 heteroatoms. The molecule has 2 atom stereocenters. The fourth-order valence-electron chi connectivity index (χ4n) is 2.42. The van der Waals surface area contributed by atoms with Crippen molar-refractivity contribution in [2.75, 3.05) is 31.3 Å². The van der Waals surface area contributed by atoms with Crippen molar-refractivity contribution in [2.24, 2.45) is 27.2 Å². The molecule has 0 bridgehead atoms. The molecule has 0 aromatic carbocycles. The van der Waals surface area contributed by atoms with Gasteiger partial charge < -0.3 is 26.4 Å². The molecule has 0 saturated carbocycles. The largest absolute Gasteiger partial charge is 0.396 e. The third kappa shape index (κ3) is 1.83. The molecular formula is C11H20N10O. The molecule has 3 rings (SSSR count). The molecule has 22 heavy (non-hydrogen) atoms. The predicted molar refractivity (Wildman–Crippen MR) is 83.2 cm³/mol. The molecule has 1 aromatic rings. The maximum Gasteiger partial charge on any atom is 0.232 e. The lowest BCUT2D eigenvalue weighted by atomic mass is 9.96. The van der Waals surface area contributed by atoms with Crippen LogP contribution in [0.3, 0.4) is 0 Å². The van der Waals surface area contributed by atoms with Crippen molar-refractivity contribution in [3.8, 4) is 0 Å². The normalized spacial score (nSPS) is 29.5. The first-order valence-electron chi connectivity index (χ1n) is 6.75. The van der Waals surface area contributed by atoms with Crippen molar-refractivity contribution >= 4 is 23.3 Å². The third-order valence-corrected chi connectivity index (χ3v) is 3.74. The van der Waals surface area contributed by atoms with Crippen LogP contribution in [0.4, 0.5) is 11.5 Å². The van der Waals surface area contributed by atoms with E-state index in [1.165, 1.54) is 0 Å². The van der Waals surface area contributed by atoms with Crippen molar-refractivity contribution < 1.29 is 5.11 Å². The summed E-state index contributed by atoms with van der Waals surface area (Å²) in [7, 11) is 3.55. The summed E-state index contributed by atoms with van der Waals surface area (Å²) in [4.78, 5) is 10.2. The van der Waals surface area contributed by atoms with Gasteiger partial charge in [-0.2, -0.15) is 10.1 Å². The first-order chi connectivity index (χ1) is 10.3. The second-order valence-corrected chi connectivity index (χ2v) is 5.53. The highest BCUT2D eigenvalue weighted by Gasteiger charge is 2.57. The minimum atomic E-state index is -1.45. The average molecular weight is 308 g/mol. The Morgan fingerprint density at radius 3 is 2.64 bits per heavy atom. The van der Waals surface area contributed by atoms with Crippen LogP contribution in [0.5, 0.6) is 0 Å². The number of aromatic nitrogens is 2. The van der Waals surface area contributed by atoms with Crippen LogP contribution in [0, 0.1) is 0 Å².